The van der Waals surface area contributed by atoms with Crippen molar-refractivity contribution in [3.05, 3.63) is 283 Å². The molecule has 0 amide bonds. The highest BCUT2D eigenvalue weighted by Crippen LogP contribution is 2.64. The van der Waals surface area contributed by atoms with E-state index in [1.807, 2.05) is 24.3 Å². The summed E-state index contributed by atoms with van der Waals surface area (Å²) >= 11 is 0. The lowest BCUT2D eigenvalue weighted by Crippen LogP contribution is -2.26. The number of furan rings is 1. The van der Waals surface area contributed by atoms with Crippen molar-refractivity contribution in [2.75, 3.05) is 0 Å². The smallest absolute Gasteiger partial charge is 0.164 e. The molecule has 0 radical (unpaired) electrons. The van der Waals surface area contributed by atoms with Crippen LogP contribution in [-0.2, 0) is 5.41 Å². The molecule has 0 bridgehead atoms. The van der Waals surface area contributed by atoms with Crippen molar-refractivity contribution < 1.29 is 4.42 Å². The van der Waals surface area contributed by atoms with Crippen LogP contribution in [-0.4, -0.2) is 15.0 Å². The first kappa shape index (κ1) is 42.0. The lowest BCUT2D eigenvalue weighted by molar-refractivity contribution is 0.669. The van der Waals surface area contributed by atoms with Crippen molar-refractivity contribution in [3.63, 3.8) is 0 Å². The summed E-state index contributed by atoms with van der Waals surface area (Å²) in [5.41, 5.74) is 23.5. The van der Waals surface area contributed by atoms with Crippen molar-refractivity contribution in [2.24, 2.45) is 0 Å². The molecule has 2 aromatic heterocycles. The second kappa shape index (κ2) is 16.7. The monoisotopic (exact) mass is 941 g/mol. The Kier molecular flexibility index (Phi) is 9.45. The summed E-state index contributed by atoms with van der Waals surface area (Å²) in [6.45, 7) is 0. The minimum absolute atomic E-state index is 0.456. The Morgan fingerprint density at radius 1 is 0.257 bits per heavy atom. The first-order valence-corrected chi connectivity index (χ1v) is 25.2. The quantitative estimate of drug-likeness (QED) is 0.160. The molecule has 344 valence electrons. The van der Waals surface area contributed by atoms with Crippen LogP contribution in [0.15, 0.2) is 265 Å². The van der Waals surface area contributed by atoms with E-state index in [-0.39, 0.29) is 0 Å². The molecule has 15 rings (SSSR count). The third-order valence-corrected chi connectivity index (χ3v) is 15.4. The second-order valence-corrected chi connectivity index (χ2v) is 19.4. The van der Waals surface area contributed by atoms with Gasteiger partial charge in [-0.2, -0.15) is 0 Å². The molecule has 11 aromatic carbocycles. The SMILES string of the molecule is c1ccc(-c2ccc(-c3nc(-c4ccc(-c5ccccc5)cc4)nc(-c4cccc5oc6ccc(-c7cccc(-c8cccc9c8C8(c%10ccccc%10-c%10ccccc%108)c8ccccc8-9)c7)cc6c45)n3)cc2)cc1. The van der Waals surface area contributed by atoms with Gasteiger partial charge in [-0.05, 0) is 113 Å². The lowest BCUT2D eigenvalue weighted by Gasteiger charge is -2.32. The molecular formula is C70H43N3O. The fraction of sp³-hybridized carbons (Fsp3) is 0.0143. The number of benzene rings is 11. The van der Waals surface area contributed by atoms with E-state index in [1.165, 1.54) is 55.6 Å². The van der Waals surface area contributed by atoms with Crippen molar-refractivity contribution in [1.29, 1.82) is 0 Å². The molecule has 74 heavy (non-hydrogen) atoms. The van der Waals surface area contributed by atoms with Gasteiger partial charge in [0.1, 0.15) is 11.2 Å². The van der Waals surface area contributed by atoms with Crippen LogP contribution >= 0.6 is 0 Å². The molecule has 0 fully saturated rings. The van der Waals surface area contributed by atoms with E-state index in [1.54, 1.807) is 0 Å². The Hall–Kier alpha value is -9.77. The predicted molar refractivity (Wildman–Crippen MR) is 301 cm³/mol. The first-order valence-electron chi connectivity index (χ1n) is 25.2. The highest BCUT2D eigenvalue weighted by atomic mass is 16.3. The van der Waals surface area contributed by atoms with Crippen molar-refractivity contribution in [2.45, 2.75) is 5.41 Å². The molecule has 0 N–H and O–H groups in total. The normalized spacial score (nSPS) is 12.7. The molecule has 2 aliphatic rings. The van der Waals surface area contributed by atoms with Gasteiger partial charge in [-0.1, -0.05) is 237 Å². The summed E-state index contributed by atoms with van der Waals surface area (Å²) in [6.07, 6.45) is 0. The van der Waals surface area contributed by atoms with Crippen LogP contribution in [0.5, 0.6) is 0 Å². The highest BCUT2D eigenvalue weighted by Gasteiger charge is 2.52. The predicted octanol–water partition coefficient (Wildman–Crippen LogP) is 17.8. The van der Waals surface area contributed by atoms with E-state index in [4.69, 9.17) is 19.4 Å². The van der Waals surface area contributed by atoms with Crippen LogP contribution in [0.25, 0.3) is 123 Å². The van der Waals surface area contributed by atoms with Gasteiger partial charge in [0.2, 0.25) is 0 Å². The molecule has 4 nitrogen and oxygen atoms in total. The average Bonchev–Trinajstić information content (AvgIpc) is 4.20. The van der Waals surface area contributed by atoms with Crippen LogP contribution in [0.1, 0.15) is 22.3 Å². The van der Waals surface area contributed by atoms with Crippen LogP contribution < -0.4 is 0 Å². The van der Waals surface area contributed by atoms with Gasteiger partial charge in [0.05, 0.1) is 5.41 Å². The third-order valence-electron chi connectivity index (χ3n) is 15.4. The van der Waals surface area contributed by atoms with Crippen molar-refractivity contribution in [1.82, 2.24) is 15.0 Å². The maximum atomic E-state index is 6.66. The standard InChI is InChI=1S/C70H43N3O/c1-3-16-44(17-4-1)46-32-36-48(37-33-46)67-71-68(49-38-34-47(35-39-49)45-18-5-2-6-19-45)73-69(72-67)58-27-15-31-64-65(58)59-43-51(40-41-63(59)74-64)50-20-13-21-52(42-50)53-25-14-26-57-56-24-9-12-30-62(56)70(66(53)57)60-28-10-7-22-54(60)55-23-8-11-29-61(55)70/h1-43H. The fourth-order valence-electron chi connectivity index (χ4n) is 12.1. The second-order valence-electron chi connectivity index (χ2n) is 19.4. The number of hydrogen-bond donors (Lipinski definition) is 0. The number of fused-ring (bicyclic) bond motifs is 13. The van der Waals surface area contributed by atoms with Crippen molar-refractivity contribution >= 4 is 21.9 Å². The molecule has 1 spiro atoms. The highest BCUT2D eigenvalue weighted by molar-refractivity contribution is 6.13. The molecule has 0 saturated carbocycles. The van der Waals surface area contributed by atoms with Gasteiger partial charge in [-0.25, -0.2) is 15.0 Å². The largest absolute Gasteiger partial charge is 0.456 e. The Labute approximate surface area is 428 Å². The van der Waals surface area contributed by atoms with Gasteiger partial charge < -0.3 is 4.42 Å². The topological polar surface area (TPSA) is 51.8 Å². The van der Waals surface area contributed by atoms with Gasteiger partial charge in [-0.3, -0.25) is 0 Å². The van der Waals surface area contributed by atoms with Crippen LogP contribution in [0, 0.1) is 0 Å². The molecule has 0 unspecified atom stereocenters. The van der Waals surface area contributed by atoms with Gasteiger partial charge in [-0.15, -0.1) is 0 Å². The molecule has 13 aromatic rings. The Morgan fingerprint density at radius 3 is 1.27 bits per heavy atom. The lowest BCUT2D eigenvalue weighted by atomic mass is 9.68. The van der Waals surface area contributed by atoms with Gasteiger partial charge in [0, 0.05) is 27.5 Å². The molecule has 0 saturated heterocycles. The summed E-state index contributed by atoms with van der Waals surface area (Å²) in [7, 11) is 0. The summed E-state index contributed by atoms with van der Waals surface area (Å²) in [4.78, 5) is 15.7. The Morgan fingerprint density at radius 2 is 0.662 bits per heavy atom. The molecule has 2 heterocycles. The minimum atomic E-state index is -0.456. The van der Waals surface area contributed by atoms with E-state index in [2.05, 4.69) is 237 Å². The molecular weight excluding hydrogens is 899 g/mol. The van der Waals surface area contributed by atoms with Gasteiger partial charge in [0.25, 0.3) is 0 Å². The first-order chi connectivity index (χ1) is 36.7. The number of rotatable bonds is 7. The molecule has 4 heteroatoms. The number of aromatic nitrogens is 3. The minimum Gasteiger partial charge on any atom is -0.456 e. The summed E-state index contributed by atoms with van der Waals surface area (Å²) < 4.78 is 6.66. The number of nitrogens with zero attached hydrogens (tertiary/aromatic N) is 3. The molecule has 0 atom stereocenters. The fourth-order valence-corrected chi connectivity index (χ4v) is 12.1. The maximum Gasteiger partial charge on any atom is 0.164 e. The summed E-state index contributed by atoms with van der Waals surface area (Å²) in [6, 6.07) is 93.5. The van der Waals surface area contributed by atoms with Crippen LogP contribution in [0.3, 0.4) is 0 Å². The number of hydrogen-bond acceptors (Lipinski definition) is 4. The zero-order valence-corrected chi connectivity index (χ0v) is 40.1. The van der Waals surface area contributed by atoms with E-state index in [0.29, 0.717) is 17.5 Å². The Bertz CT molecular complexity index is 4180. The van der Waals surface area contributed by atoms with Crippen LogP contribution in [0.2, 0.25) is 0 Å². The zero-order chi connectivity index (χ0) is 48.7. The van der Waals surface area contributed by atoms with Gasteiger partial charge >= 0.3 is 0 Å². The zero-order valence-electron chi connectivity index (χ0n) is 40.1. The summed E-state index contributed by atoms with van der Waals surface area (Å²) in [5, 5.41) is 1.96. The summed E-state index contributed by atoms with van der Waals surface area (Å²) in [5.74, 6) is 1.77. The maximum absolute atomic E-state index is 6.66. The Balaban J connectivity index is 0.868. The van der Waals surface area contributed by atoms with E-state index >= 15 is 0 Å². The molecule has 2 aliphatic carbocycles. The van der Waals surface area contributed by atoms with Crippen LogP contribution in [0.4, 0.5) is 0 Å². The van der Waals surface area contributed by atoms with Crippen molar-refractivity contribution in [3.8, 4) is 101 Å². The average molecular weight is 942 g/mol. The molecule has 0 aliphatic heterocycles. The van der Waals surface area contributed by atoms with E-state index in [9.17, 15) is 0 Å². The van der Waals surface area contributed by atoms with Gasteiger partial charge in [0.15, 0.2) is 17.5 Å². The third kappa shape index (κ3) is 6.45. The van der Waals surface area contributed by atoms with E-state index in [0.717, 1.165) is 72.0 Å². The van der Waals surface area contributed by atoms with E-state index < -0.39 is 5.41 Å².